The van der Waals surface area contributed by atoms with E-state index in [1.165, 1.54) is 23.0 Å². The quantitative estimate of drug-likeness (QED) is 0.735. The monoisotopic (exact) mass is 298 g/mol. The van der Waals surface area contributed by atoms with Crippen LogP contribution in [0.4, 0.5) is 5.13 Å². The average Bonchev–Trinajstić information content (AvgIpc) is 2.94. The van der Waals surface area contributed by atoms with Crippen LogP contribution < -0.4 is 10.2 Å². The van der Waals surface area contributed by atoms with Gasteiger partial charge in [-0.3, -0.25) is 4.90 Å². The van der Waals surface area contributed by atoms with Gasteiger partial charge in [0.2, 0.25) is 0 Å². The first-order valence-corrected chi connectivity index (χ1v) is 8.26. The molecular weight excluding hydrogens is 272 g/mol. The first-order valence-electron chi connectivity index (χ1n) is 7.45. The van der Waals surface area contributed by atoms with Crippen molar-refractivity contribution in [3.8, 4) is 0 Å². The Morgan fingerprint density at radius 3 is 2.85 bits per heavy atom. The van der Waals surface area contributed by atoms with Gasteiger partial charge in [0.05, 0.1) is 6.61 Å². The van der Waals surface area contributed by atoms with E-state index in [1.807, 2.05) is 6.20 Å². The number of hydrogen-bond donors (Lipinski definition) is 1. The third-order valence-corrected chi connectivity index (χ3v) is 4.56. The lowest BCUT2D eigenvalue weighted by Crippen LogP contribution is -2.46. The van der Waals surface area contributed by atoms with Crippen molar-refractivity contribution in [3.63, 3.8) is 0 Å². The molecule has 5 nitrogen and oxygen atoms in total. The van der Waals surface area contributed by atoms with Gasteiger partial charge in [-0.25, -0.2) is 4.98 Å². The summed E-state index contributed by atoms with van der Waals surface area (Å²) in [4.78, 5) is 10.8. The minimum Gasteiger partial charge on any atom is -0.383 e. The lowest BCUT2D eigenvalue weighted by Gasteiger charge is -2.34. The second kappa shape index (κ2) is 8.56. The Kier molecular flexibility index (Phi) is 6.72. The molecule has 0 atom stereocenters. The smallest absolute Gasteiger partial charge is 0.185 e. The predicted molar refractivity (Wildman–Crippen MR) is 84.6 cm³/mol. The molecule has 114 valence electrons. The molecule has 1 N–H and O–H groups in total. The van der Waals surface area contributed by atoms with Crippen LogP contribution in [0.15, 0.2) is 6.20 Å². The van der Waals surface area contributed by atoms with Gasteiger partial charge >= 0.3 is 0 Å². The fourth-order valence-corrected chi connectivity index (χ4v) is 3.32. The number of ether oxygens (including phenoxy) is 1. The first-order chi connectivity index (χ1) is 9.83. The van der Waals surface area contributed by atoms with Crippen LogP contribution in [-0.4, -0.2) is 62.9 Å². The van der Waals surface area contributed by atoms with Crippen LogP contribution in [0, 0.1) is 0 Å². The van der Waals surface area contributed by atoms with Crippen molar-refractivity contribution in [1.29, 1.82) is 0 Å². The highest BCUT2D eigenvalue weighted by atomic mass is 32.1. The van der Waals surface area contributed by atoms with Crippen LogP contribution in [-0.2, 0) is 11.3 Å². The number of thiazole rings is 1. The van der Waals surface area contributed by atoms with Gasteiger partial charge in [-0.2, -0.15) is 0 Å². The molecule has 1 aliphatic heterocycles. The van der Waals surface area contributed by atoms with Crippen molar-refractivity contribution < 1.29 is 4.74 Å². The summed E-state index contributed by atoms with van der Waals surface area (Å²) >= 11 is 1.81. The van der Waals surface area contributed by atoms with Crippen LogP contribution in [0.2, 0.25) is 0 Å². The lowest BCUT2D eigenvalue weighted by atomic mass is 10.3. The van der Waals surface area contributed by atoms with E-state index in [0.717, 1.165) is 45.9 Å². The molecule has 0 unspecified atom stereocenters. The Balaban J connectivity index is 1.75. The maximum absolute atomic E-state index is 5.02. The molecule has 0 amide bonds. The first kappa shape index (κ1) is 15.7. The maximum atomic E-state index is 5.02. The molecule has 1 saturated heterocycles. The molecule has 0 radical (unpaired) electrons. The Bertz CT molecular complexity index is 377. The van der Waals surface area contributed by atoms with E-state index in [4.69, 9.17) is 4.74 Å². The number of methoxy groups -OCH3 is 1. The molecular formula is C14H26N4OS. The number of rotatable bonds is 8. The Morgan fingerprint density at radius 1 is 1.35 bits per heavy atom. The molecule has 6 heteroatoms. The molecule has 1 aromatic rings. The average molecular weight is 298 g/mol. The predicted octanol–water partition coefficient (Wildman–Crippen LogP) is 1.41. The van der Waals surface area contributed by atoms with E-state index >= 15 is 0 Å². The molecule has 1 fully saturated rings. The van der Waals surface area contributed by atoms with Gasteiger partial charge in [0.15, 0.2) is 5.13 Å². The van der Waals surface area contributed by atoms with Gasteiger partial charge in [0, 0.05) is 57.5 Å². The number of anilines is 1. The van der Waals surface area contributed by atoms with Crippen molar-refractivity contribution in [1.82, 2.24) is 15.2 Å². The van der Waals surface area contributed by atoms with Crippen LogP contribution in [0.3, 0.4) is 0 Å². The zero-order valence-corrected chi connectivity index (χ0v) is 13.4. The summed E-state index contributed by atoms with van der Waals surface area (Å²) in [6.45, 7) is 10.5. The highest BCUT2D eigenvalue weighted by Crippen LogP contribution is 2.23. The minimum atomic E-state index is 0.755. The minimum absolute atomic E-state index is 0.755. The zero-order chi connectivity index (χ0) is 14.2. The number of aromatic nitrogens is 1. The molecule has 0 aliphatic carbocycles. The summed E-state index contributed by atoms with van der Waals surface area (Å²) in [5.41, 5.74) is 0. The number of nitrogens with one attached hydrogen (secondary N) is 1. The number of nitrogens with zero attached hydrogens (tertiary/aromatic N) is 3. The van der Waals surface area contributed by atoms with Crippen LogP contribution in [0.25, 0.3) is 0 Å². The van der Waals surface area contributed by atoms with Gasteiger partial charge < -0.3 is 15.0 Å². The Labute approximate surface area is 125 Å². The van der Waals surface area contributed by atoms with Crippen LogP contribution >= 0.6 is 11.3 Å². The molecule has 0 saturated carbocycles. The third kappa shape index (κ3) is 4.70. The van der Waals surface area contributed by atoms with E-state index < -0.39 is 0 Å². The molecule has 0 bridgehead atoms. The fourth-order valence-electron chi connectivity index (χ4n) is 2.39. The highest BCUT2D eigenvalue weighted by molar-refractivity contribution is 7.15. The van der Waals surface area contributed by atoms with Crippen molar-refractivity contribution >= 4 is 16.5 Å². The van der Waals surface area contributed by atoms with Crippen LogP contribution in [0.5, 0.6) is 0 Å². The van der Waals surface area contributed by atoms with E-state index in [2.05, 4.69) is 27.0 Å². The molecule has 20 heavy (non-hydrogen) atoms. The van der Waals surface area contributed by atoms with Crippen LogP contribution in [0.1, 0.15) is 18.2 Å². The van der Waals surface area contributed by atoms with Crippen molar-refractivity contribution in [3.05, 3.63) is 11.1 Å². The highest BCUT2D eigenvalue weighted by Gasteiger charge is 2.18. The Morgan fingerprint density at radius 2 is 2.15 bits per heavy atom. The fraction of sp³-hybridized carbons (Fsp3) is 0.786. The molecule has 2 heterocycles. The normalized spacial score (nSPS) is 16.8. The SMILES string of the molecule is CCCN1CCN(c2ncc(CNCCOC)s2)CC1. The summed E-state index contributed by atoms with van der Waals surface area (Å²) < 4.78 is 5.02. The van der Waals surface area contributed by atoms with E-state index in [-0.39, 0.29) is 0 Å². The summed E-state index contributed by atoms with van der Waals surface area (Å²) in [6.07, 6.45) is 3.24. The van der Waals surface area contributed by atoms with Gasteiger partial charge in [0.1, 0.15) is 0 Å². The van der Waals surface area contributed by atoms with Crippen molar-refractivity contribution in [2.45, 2.75) is 19.9 Å². The van der Waals surface area contributed by atoms with Crippen molar-refractivity contribution in [2.24, 2.45) is 0 Å². The maximum Gasteiger partial charge on any atom is 0.185 e. The lowest BCUT2D eigenvalue weighted by molar-refractivity contribution is 0.199. The van der Waals surface area contributed by atoms with Gasteiger partial charge in [-0.05, 0) is 13.0 Å². The zero-order valence-electron chi connectivity index (χ0n) is 12.6. The third-order valence-electron chi connectivity index (χ3n) is 3.51. The molecule has 1 aliphatic rings. The van der Waals surface area contributed by atoms with Crippen molar-refractivity contribution in [2.75, 3.05) is 57.9 Å². The molecule has 0 aromatic carbocycles. The van der Waals surface area contributed by atoms with E-state index in [0.29, 0.717) is 0 Å². The van der Waals surface area contributed by atoms with E-state index in [9.17, 15) is 0 Å². The Hall–Kier alpha value is -0.690. The summed E-state index contributed by atoms with van der Waals surface area (Å²) in [7, 11) is 1.73. The van der Waals surface area contributed by atoms with Gasteiger partial charge in [0.25, 0.3) is 0 Å². The second-order valence-corrected chi connectivity index (χ2v) is 6.20. The van der Waals surface area contributed by atoms with Gasteiger partial charge in [-0.15, -0.1) is 11.3 Å². The largest absolute Gasteiger partial charge is 0.383 e. The molecule has 2 rings (SSSR count). The summed E-state index contributed by atoms with van der Waals surface area (Å²) in [5.74, 6) is 0. The van der Waals surface area contributed by atoms with E-state index in [1.54, 1.807) is 18.4 Å². The standard InChI is InChI=1S/C14H26N4OS/c1-3-5-17-6-8-18(9-7-17)14-16-12-13(20-14)11-15-4-10-19-2/h12,15H,3-11H2,1-2H3. The number of hydrogen-bond acceptors (Lipinski definition) is 6. The summed E-state index contributed by atoms with van der Waals surface area (Å²) in [5, 5.41) is 4.53. The van der Waals surface area contributed by atoms with Gasteiger partial charge in [-0.1, -0.05) is 6.92 Å². The molecule has 0 spiro atoms. The summed E-state index contributed by atoms with van der Waals surface area (Å²) in [6, 6.07) is 0. The topological polar surface area (TPSA) is 40.6 Å². The second-order valence-electron chi connectivity index (χ2n) is 5.11. The number of piperazine rings is 1. The molecule has 1 aromatic heterocycles.